The second-order valence-electron chi connectivity index (χ2n) is 4.43. The molecule has 0 atom stereocenters. The quantitative estimate of drug-likeness (QED) is 0.575. The Labute approximate surface area is 146 Å². The van der Waals surface area contributed by atoms with Crippen molar-refractivity contribution in [1.82, 2.24) is 0 Å². The molecule has 1 aromatic carbocycles. The molecule has 0 bridgehead atoms. The average molecular weight is 378 g/mol. The molecule has 0 aliphatic heterocycles. The van der Waals surface area contributed by atoms with Crippen molar-refractivity contribution >= 4 is 69.2 Å². The molecule has 0 fully saturated rings. The number of hydrogen-bond acceptors (Lipinski definition) is 4. The molecule has 0 aliphatic carbocycles. The van der Waals surface area contributed by atoms with Gasteiger partial charge in [-0.25, -0.2) is 0 Å². The summed E-state index contributed by atoms with van der Waals surface area (Å²) < 4.78 is 0.541. The molecule has 0 aliphatic rings. The number of carbonyl (C=O) groups is 2. The van der Waals surface area contributed by atoms with Crippen LogP contribution in [0, 0.1) is 0 Å². The summed E-state index contributed by atoms with van der Waals surface area (Å²) in [6, 6.07) is 6.30. The van der Waals surface area contributed by atoms with Crippen molar-refractivity contribution in [2.24, 2.45) is 0 Å². The van der Waals surface area contributed by atoms with Gasteiger partial charge in [-0.2, -0.15) is 0 Å². The van der Waals surface area contributed by atoms with Crippen LogP contribution in [0.5, 0.6) is 0 Å². The molecule has 1 aromatic heterocycles. The maximum Gasteiger partial charge on any atom is 0.224 e. The van der Waals surface area contributed by atoms with E-state index in [0.29, 0.717) is 14.9 Å². The Hall–Kier alpha value is -1.27. The number of halogens is 3. The predicted molar refractivity (Wildman–Crippen MR) is 92.4 cm³/mol. The smallest absolute Gasteiger partial charge is 0.224 e. The molecule has 22 heavy (non-hydrogen) atoms. The normalized spacial score (nSPS) is 10.5. The highest BCUT2D eigenvalue weighted by atomic mass is 35.5. The van der Waals surface area contributed by atoms with E-state index in [0.717, 1.165) is 0 Å². The maximum atomic E-state index is 11.9. The minimum Gasteiger partial charge on any atom is -0.396 e. The molecule has 0 saturated heterocycles. The number of Topliss-reactive ketones (excluding diaryl/α,β-unsaturated/α-hetero) is 1. The van der Waals surface area contributed by atoms with Crippen molar-refractivity contribution in [3.63, 3.8) is 0 Å². The molecular weight excluding hydrogens is 367 g/mol. The highest BCUT2D eigenvalue weighted by molar-refractivity contribution is 7.18. The molecule has 0 spiro atoms. The van der Waals surface area contributed by atoms with Gasteiger partial charge in [0, 0.05) is 18.5 Å². The lowest BCUT2D eigenvalue weighted by atomic mass is 10.2. The van der Waals surface area contributed by atoms with Crippen molar-refractivity contribution in [1.29, 1.82) is 0 Å². The van der Waals surface area contributed by atoms with Crippen LogP contribution in [0.1, 0.15) is 22.5 Å². The fourth-order valence-electron chi connectivity index (χ4n) is 1.69. The third-order valence-corrected chi connectivity index (χ3v) is 4.69. The van der Waals surface area contributed by atoms with Crippen molar-refractivity contribution in [2.75, 3.05) is 11.1 Å². The first-order valence-electron chi connectivity index (χ1n) is 6.19. The summed E-state index contributed by atoms with van der Waals surface area (Å²) in [5.74, 6) is -0.437. The molecule has 0 radical (unpaired) electrons. The summed E-state index contributed by atoms with van der Waals surface area (Å²) in [6.45, 7) is 0. The number of rotatable bonds is 5. The van der Waals surface area contributed by atoms with Crippen molar-refractivity contribution < 1.29 is 9.59 Å². The Balaban J connectivity index is 1.92. The lowest BCUT2D eigenvalue weighted by molar-refractivity contribution is -0.116. The van der Waals surface area contributed by atoms with Crippen LogP contribution in [0.15, 0.2) is 24.3 Å². The first kappa shape index (κ1) is 17.1. The zero-order valence-corrected chi connectivity index (χ0v) is 14.2. The van der Waals surface area contributed by atoms with E-state index in [-0.39, 0.29) is 40.3 Å². The van der Waals surface area contributed by atoms with Gasteiger partial charge in [-0.3, -0.25) is 9.59 Å². The van der Waals surface area contributed by atoms with Gasteiger partial charge in [0.2, 0.25) is 5.91 Å². The number of carbonyl (C=O) groups excluding carboxylic acids is 2. The highest BCUT2D eigenvalue weighted by Crippen LogP contribution is 2.31. The Morgan fingerprint density at radius 3 is 2.27 bits per heavy atom. The number of amides is 1. The van der Waals surface area contributed by atoms with Crippen LogP contribution in [0.3, 0.4) is 0 Å². The molecule has 4 nitrogen and oxygen atoms in total. The van der Waals surface area contributed by atoms with E-state index >= 15 is 0 Å². The van der Waals surface area contributed by atoms with Gasteiger partial charge in [-0.15, -0.1) is 11.3 Å². The number of nitrogens with one attached hydrogen (secondary N) is 1. The Kier molecular flexibility index (Phi) is 5.69. The Bertz CT molecular complexity index is 708. The number of hydrogen-bond donors (Lipinski definition) is 2. The van der Waals surface area contributed by atoms with E-state index in [9.17, 15) is 9.59 Å². The highest BCUT2D eigenvalue weighted by Gasteiger charge is 2.12. The van der Waals surface area contributed by atoms with Gasteiger partial charge in [0.1, 0.15) is 0 Å². The second kappa shape index (κ2) is 7.33. The van der Waals surface area contributed by atoms with Crippen molar-refractivity contribution in [3.8, 4) is 0 Å². The summed E-state index contributed by atoms with van der Waals surface area (Å²) >= 11 is 18.7. The van der Waals surface area contributed by atoms with Gasteiger partial charge in [0.05, 0.1) is 24.9 Å². The molecule has 0 saturated carbocycles. The minimum absolute atomic E-state index is 0.0496. The third kappa shape index (κ3) is 4.36. The molecular formula is C14H11Cl3N2O2S. The van der Waals surface area contributed by atoms with Crippen LogP contribution < -0.4 is 11.1 Å². The monoisotopic (exact) mass is 376 g/mol. The van der Waals surface area contributed by atoms with E-state index in [1.54, 1.807) is 12.1 Å². The van der Waals surface area contributed by atoms with Crippen LogP contribution in [-0.4, -0.2) is 11.7 Å². The standard InChI is InChI=1S/C14H11Cl3N2O2S/c15-8-5-7(6-9(16)14(8)18)19-13(21)4-1-10(20)11-2-3-12(17)22-11/h2-3,5-6H,1,4,18H2,(H,19,21). The van der Waals surface area contributed by atoms with Gasteiger partial charge in [-0.1, -0.05) is 34.8 Å². The fraction of sp³-hybridized carbons (Fsp3) is 0.143. The molecule has 8 heteroatoms. The van der Waals surface area contributed by atoms with Crippen LogP contribution in [0.25, 0.3) is 0 Å². The van der Waals surface area contributed by atoms with E-state index in [1.165, 1.54) is 23.5 Å². The SMILES string of the molecule is Nc1c(Cl)cc(NC(=O)CCC(=O)c2ccc(Cl)s2)cc1Cl. The number of nitrogens with two attached hydrogens (primary N) is 1. The molecule has 1 heterocycles. The average Bonchev–Trinajstić information content (AvgIpc) is 2.89. The zero-order chi connectivity index (χ0) is 16.3. The summed E-state index contributed by atoms with van der Waals surface area (Å²) in [5, 5.41) is 3.14. The minimum atomic E-state index is -0.312. The molecule has 116 valence electrons. The number of thiophene rings is 1. The topological polar surface area (TPSA) is 72.2 Å². The summed E-state index contributed by atoms with van der Waals surface area (Å²) in [7, 11) is 0. The van der Waals surface area contributed by atoms with Gasteiger partial charge in [-0.05, 0) is 24.3 Å². The van der Waals surface area contributed by atoms with Crippen molar-refractivity contribution in [3.05, 3.63) is 43.5 Å². The maximum absolute atomic E-state index is 11.9. The number of anilines is 2. The van der Waals surface area contributed by atoms with Crippen LogP contribution in [-0.2, 0) is 4.79 Å². The lowest BCUT2D eigenvalue weighted by Crippen LogP contribution is -2.13. The third-order valence-electron chi connectivity index (χ3n) is 2.79. The largest absolute Gasteiger partial charge is 0.396 e. The van der Waals surface area contributed by atoms with Crippen LogP contribution in [0.2, 0.25) is 14.4 Å². The predicted octanol–water partition coefficient (Wildman–Crippen LogP) is 4.89. The van der Waals surface area contributed by atoms with Gasteiger partial charge >= 0.3 is 0 Å². The molecule has 2 aromatic rings. The van der Waals surface area contributed by atoms with Crippen molar-refractivity contribution in [2.45, 2.75) is 12.8 Å². The summed E-state index contributed by atoms with van der Waals surface area (Å²) in [6.07, 6.45) is 0.146. The molecule has 0 unspecified atom stereocenters. The Morgan fingerprint density at radius 1 is 1.09 bits per heavy atom. The van der Waals surface area contributed by atoms with E-state index in [1.807, 2.05) is 0 Å². The number of benzene rings is 1. The van der Waals surface area contributed by atoms with Gasteiger partial charge in [0.15, 0.2) is 5.78 Å². The number of ketones is 1. The van der Waals surface area contributed by atoms with Gasteiger partial charge in [0.25, 0.3) is 0 Å². The van der Waals surface area contributed by atoms with Crippen LogP contribution in [0.4, 0.5) is 11.4 Å². The van der Waals surface area contributed by atoms with E-state index in [4.69, 9.17) is 40.5 Å². The summed E-state index contributed by atoms with van der Waals surface area (Å²) in [4.78, 5) is 24.3. The zero-order valence-electron chi connectivity index (χ0n) is 11.2. The first-order chi connectivity index (χ1) is 10.4. The van der Waals surface area contributed by atoms with Crippen LogP contribution >= 0.6 is 46.1 Å². The lowest BCUT2D eigenvalue weighted by Gasteiger charge is -2.08. The number of nitrogen functional groups attached to an aromatic ring is 1. The first-order valence-corrected chi connectivity index (χ1v) is 8.14. The Morgan fingerprint density at radius 2 is 1.73 bits per heavy atom. The van der Waals surface area contributed by atoms with E-state index in [2.05, 4.69) is 5.32 Å². The van der Waals surface area contributed by atoms with E-state index < -0.39 is 0 Å². The van der Waals surface area contributed by atoms with Gasteiger partial charge < -0.3 is 11.1 Å². The fourth-order valence-corrected chi connectivity index (χ4v) is 3.19. The molecule has 2 rings (SSSR count). The summed E-state index contributed by atoms with van der Waals surface area (Å²) in [5.41, 5.74) is 6.30. The molecule has 1 amide bonds. The molecule has 3 N–H and O–H groups in total. The second-order valence-corrected chi connectivity index (χ2v) is 6.96.